The molecule has 8 nitrogen and oxygen atoms in total. The lowest BCUT2D eigenvalue weighted by molar-refractivity contribution is -0.363. The smallest absolute Gasteiger partial charge is 0.304 e. The van der Waals surface area contributed by atoms with E-state index in [0.29, 0.717) is 25.9 Å². The highest BCUT2D eigenvalue weighted by molar-refractivity contribution is 6.74. The van der Waals surface area contributed by atoms with Crippen molar-refractivity contribution in [3.8, 4) is 0 Å². The van der Waals surface area contributed by atoms with Gasteiger partial charge in [0.1, 0.15) is 11.7 Å². The Bertz CT molecular complexity index is 965. The molecule has 4 fully saturated rings. The number of carbonyl (C=O) groups is 1. The van der Waals surface area contributed by atoms with Gasteiger partial charge in [-0.25, -0.2) is 0 Å². The lowest BCUT2D eigenvalue weighted by Gasteiger charge is -2.58. The van der Waals surface area contributed by atoms with Gasteiger partial charge in [0, 0.05) is 31.7 Å². The van der Waals surface area contributed by atoms with E-state index in [1.165, 1.54) is 6.92 Å². The summed E-state index contributed by atoms with van der Waals surface area (Å²) in [5, 5.41) is 0.0227. The highest BCUT2D eigenvalue weighted by Gasteiger charge is 2.60. The van der Waals surface area contributed by atoms with Crippen molar-refractivity contribution in [2.24, 2.45) is 0 Å². The van der Waals surface area contributed by atoms with Gasteiger partial charge in [0.15, 0.2) is 14.6 Å². The summed E-state index contributed by atoms with van der Waals surface area (Å²) in [6.45, 7) is 15.1. The zero-order valence-corrected chi connectivity index (χ0v) is 24.1. The first-order valence-electron chi connectivity index (χ1n) is 13.5. The SMILES string of the molecule is CC(=O)O[C@H]1C[C@H](O[Si](C)(C)C(C)(C)C)[C@]2(C)O[C@@H]3C[C@@H]4O[C@H](c5ccccc5)OC[C@H]4O[C@H]3C[C@H]2O1. The number of carbonyl (C=O) groups excluding carboxylic acids is 1. The van der Waals surface area contributed by atoms with Crippen LogP contribution in [0.3, 0.4) is 0 Å². The molecule has 0 unspecified atom stereocenters. The fourth-order valence-corrected chi connectivity index (χ4v) is 7.04. The van der Waals surface area contributed by atoms with Crippen LogP contribution in [0.1, 0.15) is 65.7 Å². The second-order valence-electron chi connectivity index (χ2n) is 12.5. The molecule has 0 aliphatic carbocycles. The summed E-state index contributed by atoms with van der Waals surface area (Å²) >= 11 is 0. The first-order valence-corrected chi connectivity index (χ1v) is 16.4. The van der Waals surface area contributed by atoms with Crippen LogP contribution < -0.4 is 0 Å². The molecule has 9 atom stereocenters. The van der Waals surface area contributed by atoms with E-state index < -0.39 is 26.5 Å². The zero-order valence-electron chi connectivity index (χ0n) is 23.1. The molecular formula is C28H42O8Si. The molecule has 4 heterocycles. The average molecular weight is 535 g/mol. The number of esters is 1. The van der Waals surface area contributed by atoms with Crippen molar-refractivity contribution in [3.63, 3.8) is 0 Å². The molecule has 4 aliphatic rings. The van der Waals surface area contributed by atoms with E-state index in [2.05, 4.69) is 40.8 Å². The van der Waals surface area contributed by atoms with Gasteiger partial charge in [-0.3, -0.25) is 4.79 Å². The Hall–Kier alpha value is -1.33. The van der Waals surface area contributed by atoms with Gasteiger partial charge in [-0.1, -0.05) is 51.1 Å². The molecule has 0 radical (unpaired) electrons. The third kappa shape index (κ3) is 5.41. The van der Waals surface area contributed by atoms with E-state index in [9.17, 15) is 4.79 Å². The topological polar surface area (TPSA) is 81.7 Å². The lowest BCUT2D eigenvalue weighted by atomic mass is 9.79. The summed E-state index contributed by atoms with van der Waals surface area (Å²) < 4.78 is 44.5. The Balaban J connectivity index is 1.35. The minimum absolute atomic E-state index is 0.0227. The molecule has 9 heteroatoms. The van der Waals surface area contributed by atoms with Crippen LogP contribution in [0.5, 0.6) is 0 Å². The van der Waals surface area contributed by atoms with Crippen molar-refractivity contribution < 1.29 is 37.6 Å². The maximum atomic E-state index is 11.8. The quantitative estimate of drug-likeness (QED) is 0.400. The van der Waals surface area contributed by atoms with Crippen molar-refractivity contribution in [2.45, 2.75) is 127 Å². The molecule has 4 aliphatic heterocycles. The predicted octanol–water partition coefficient (Wildman–Crippen LogP) is 4.87. The minimum Gasteiger partial charge on any atom is -0.436 e. The second kappa shape index (κ2) is 10.0. The van der Waals surface area contributed by atoms with Crippen LogP contribution in [0.25, 0.3) is 0 Å². The van der Waals surface area contributed by atoms with Gasteiger partial charge < -0.3 is 32.8 Å². The van der Waals surface area contributed by atoms with Gasteiger partial charge in [-0.2, -0.15) is 0 Å². The molecule has 4 saturated heterocycles. The molecule has 5 rings (SSSR count). The molecule has 1 aromatic carbocycles. The fourth-order valence-electron chi connectivity index (χ4n) is 5.65. The molecule has 0 spiro atoms. The van der Waals surface area contributed by atoms with Gasteiger partial charge in [0.05, 0.1) is 37.1 Å². The highest BCUT2D eigenvalue weighted by atomic mass is 28.4. The summed E-state index contributed by atoms with van der Waals surface area (Å²) in [6, 6.07) is 9.99. The number of benzene rings is 1. The highest BCUT2D eigenvalue weighted by Crippen LogP contribution is 2.48. The van der Waals surface area contributed by atoms with Crippen molar-refractivity contribution in [2.75, 3.05) is 6.61 Å². The Labute approximate surface area is 221 Å². The molecular weight excluding hydrogens is 492 g/mol. The van der Waals surface area contributed by atoms with Crippen LogP contribution in [-0.4, -0.2) is 69.4 Å². The van der Waals surface area contributed by atoms with Crippen LogP contribution in [0.4, 0.5) is 0 Å². The lowest BCUT2D eigenvalue weighted by Crippen LogP contribution is -2.70. The largest absolute Gasteiger partial charge is 0.436 e. The van der Waals surface area contributed by atoms with Crippen LogP contribution in [0.2, 0.25) is 18.1 Å². The number of hydrogen-bond acceptors (Lipinski definition) is 8. The Morgan fingerprint density at radius 1 is 0.973 bits per heavy atom. The molecule has 0 amide bonds. The first kappa shape index (κ1) is 27.2. The number of ether oxygens (including phenoxy) is 6. The molecule has 0 bridgehead atoms. The van der Waals surface area contributed by atoms with Crippen LogP contribution in [0.15, 0.2) is 30.3 Å². The van der Waals surface area contributed by atoms with E-state index in [0.717, 1.165) is 5.56 Å². The molecule has 1 aromatic rings. The minimum atomic E-state index is -2.15. The second-order valence-corrected chi connectivity index (χ2v) is 17.3. The molecule has 37 heavy (non-hydrogen) atoms. The van der Waals surface area contributed by atoms with Crippen molar-refractivity contribution in [3.05, 3.63) is 35.9 Å². The third-order valence-corrected chi connectivity index (χ3v) is 13.3. The Morgan fingerprint density at radius 2 is 1.68 bits per heavy atom. The Morgan fingerprint density at radius 3 is 2.35 bits per heavy atom. The van der Waals surface area contributed by atoms with Crippen molar-refractivity contribution in [1.82, 2.24) is 0 Å². The van der Waals surface area contributed by atoms with E-state index in [1.807, 2.05) is 30.3 Å². The van der Waals surface area contributed by atoms with Gasteiger partial charge in [0.25, 0.3) is 0 Å². The van der Waals surface area contributed by atoms with E-state index in [4.69, 9.17) is 32.8 Å². The zero-order chi connectivity index (χ0) is 26.6. The van der Waals surface area contributed by atoms with Crippen molar-refractivity contribution in [1.29, 1.82) is 0 Å². The van der Waals surface area contributed by atoms with E-state index >= 15 is 0 Å². The predicted molar refractivity (Wildman–Crippen MR) is 138 cm³/mol. The normalized spacial score (nSPS) is 40.2. The first-order chi connectivity index (χ1) is 17.4. The summed E-state index contributed by atoms with van der Waals surface area (Å²) in [6.07, 6.45) is -0.527. The molecule has 0 N–H and O–H groups in total. The van der Waals surface area contributed by atoms with Crippen LogP contribution in [-0.2, 0) is 37.6 Å². The molecule has 0 saturated carbocycles. The molecule has 0 aromatic heterocycles. The fraction of sp³-hybridized carbons (Fsp3) is 0.750. The van der Waals surface area contributed by atoms with E-state index in [1.54, 1.807) is 0 Å². The number of hydrogen-bond donors (Lipinski definition) is 0. The number of rotatable bonds is 4. The van der Waals surface area contributed by atoms with Gasteiger partial charge in [-0.05, 0) is 25.1 Å². The monoisotopic (exact) mass is 534 g/mol. The average Bonchev–Trinajstić information content (AvgIpc) is 2.81. The van der Waals surface area contributed by atoms with Crippen LogP contribution in [0, 0.1) is 0 Å². The maximum Gasteiger partial charge on any atom is 0.304 e. The van der Waals surface area contributed by atoms with Crippen molar-refractivity contribution >= 4 is 14.3 Å². The summed E-state index contributed by atoms with van der Waals surface area (Å²) in [4.78, 5) is 11.8. The van der Waals surface area contributed by atoms with E-state index in [-0.39, 0.29) is 47.6 Å². The molecule has 206 valence electrons. The van der Waals surface area contributed by atoms with Gasteiger partial charge in [0.2, 0.25) is 6.29 Å². The summed E-state index contributed by atoms with van der Waals surface area (Å²) in [5.74, 6) is -0.365. The van der Waals surface area contributed by atoms with Gasteiger partial charge in [-0.15, -0.1) is 0 Å². The summed E-state index contributed by atoms with van der Waals surface area (Å²) in [7, 11) is -2.15. The van der Waals surface area contributed by atoms with Gasteiger partial charge >= 0.3 is 5.97 Å². The standard InChI is InChI=1S/C28H42O8Si/c1-17(29)31-25-15-24(36-37(6,7)27(2,3)4)28(5)23(34-25)14-20-21(35-28)13-19-22(32-20)16-30-26(33-19)18-11-9-8-10-12-18/h8-12,19-26H,13-16H2,1-7H3/t19-,20-,21+,22+,23+,24-,25+,26+,28+/m0/s1. The summed E-state index contributed by atoms with van der Waals surface area (Å²) in [5.41, 5.74) is 0.299. The third-order valence-electron chi connectivity index (χ3n) is 8.82. The maximum absolute atomic E-state index is 11.8. The van der Waals surface area contributed by atoms with Crippen LogP contribution >= 0.6 is 0 Å². The number of fused-ring (bicyclic) bond motifs is 3. The Kier molecular flexibility index (Phi) is 7.37.